The number of rotatable bonds is 5. The third-order valence-electron chi connectivity index (χ3n) is 3.36. The van der Waals surface area contributed by atoms with E-state index in [0.29, 0.717) is 35.0 Å². The van der Waals surface area contributed by atoms with Gasteiger partial charge in [-0.05, 0) is 24.1 Å². The molecule has 0 aliphatic rings. The molecule has 0 atom stereocenters. The summed E-state index contributed by atoms with van der Waals surface area (Å²) in [6, 6.07) is 9.29. The molecule has 2 aromatic rings. The van der Waals surface area contributed by atoms with Crippen molar-refractivity contribution in [2.45, 2.75) is 19.9 Å². The van der Waals surface area contributed by atoms with Crippen molar-refractivity contribution in [1.82, 2.24) is 4.57 Å². The Bertz CT molecular complexity index is 722. The van der Waals surface area contributed by atoms with Gasteiger partial charge in [0.15, 0.2) is 0 Å². The number of hydrogen-bond donors (Lipinski definition) is 2. The fourth-order valence-corrected chi connectivity index (χ4v) is 2.27. The lowest BCUT2D eigenvalue weighted by molar-refractivity contribution is 0.857. The van der Waals surface area contributed by atoms with Gasteiger partial charge in [-0.2, -0.15) is 0 Å². The first-order valence-electron chi connectivity index (χ1n) is 6.79. The Morgan fingerprint density at radius 3 is 2.71 bits per heavy atom. The van der Waals surface area contributed by atoms with Gasteiger partial charge in [0.25, 0.3) is 5.56 Å². The molecule has 0 aliphatic carbocycles. The average molecular weight is 304 g/mol. The Balaban J connectivity index is 2.35. The molecule has 0 radical (unpaired) electrons. The van der Waals surface area contributed by atoms with Crippen LogP contribution in [0.15, 0.2) is 41.3 Å². The predicted molar refractivity (Wildman–Crippen MR) is 87.6 cm³/mol. The number of anilines is 1. The van der Waals surface area contributed by atoms with E-state index in [4.69, 9.17) is 17.0 Å². The topological polar surface area (TPSA) is 57.9 Å². The van der Waals surface area contributed by atoms with Crippen LogP contribution in [0.4, 0.5) is 5.69 Å². The largest absolute Gasteiger partial charge is 0.376 e. The molecule has 4 nitrogen and oxygen atoms in total. The van der Waals surface area contributed by atoms with Gasteiger partial charge in [-0.3, -0.25) is 4.79 Å². The molecule has 0 aliphatic heterocycles. The molecule has 1 heterocycles. The van der Waals surface area contributed by atoms with Crippen molar-refractivity contribution in [3.8, 4) is 0 Å². The van der Waals surface area contributed by atoms with Crippen molar-refractivity contribution in [2.75, 3.05) is 5.32 Å². The van der Waals surface area contributed by atoms with Crippen molar-refractivity contribution < 1.29 is 0 Å². The normalized spacial score (nSPS) is 10.4. The summed E-state index contributed by atoms with van der Waals surface area (Å²) in [6.07, 6.45) is 2.26. The Hall–Kier alpha value is -2.07. The molecule has 110 valence electrons. The van der Waals surface area contributed by atoms with Gasteiger partial charge in [0.2, 0.25) is 0 Å². The maximum Gasteiger partial charge on any atom is 0.274 e. The molecule has 0 bridgehead atoms. The molecule has 1 aromatic heterocycles. The minimum Gasteiger partial charge on any atom is -0.376 e. The van der Waals surface area contributed by atoms with E-state index in [9.17, 15) is 4.79 Å². The second kappa shape index (κ2) is 6.59. The monoisotopic (exact) mass is 303 g/mol. The van der Waals surface area contributed by atoms with Gasteiger partial charge in [-0.25, -0.2) is 0 Å². The van der Waals surface area contributed by atoms with Crippen LogP contribution in [0.1, 0.15) is 24.5 Å². The zero-order valence-electron chi connectivity index (χ0n) is 12.1. The predicted octanol–water partition coefficient (Wildman–Crippen LogP) is 3.43. The third kappa shape index (κ3) is 3.34. The van der Waals surface area contributed by atoms with E-state index in [1.54, 1.807) is 19.3 Å². The number of halogens is 1. The SMILES string of the molecule is CCC(=N)c1ccn(C)c(=O)c1NCc1ccccc1Cl. The third-order valence-corrected chi connectivity index (χ3v) is 3.73. The van der Waals surface area contributed by atoms with Gasteiger partial charge in [-0.1, -0.05) is 36.7 Å². The summed E-state index contributed by atoms with van der Waals surface area (Å²) in [5.41, 5.74) is 2.31. The summed E-state index contributed by atoms with van der Waals surface area (Å²) in [5, 5.41) is 11.8. The number of nitrogens with zero attached hydrogens (tertiary/aromatic N) is 1. The number of aromatic nitrogens is 1. The molecule has 0 spiro atoms. The molecule has 5 heteroatoms. The van der Waals surface area contributed by atoms with Crippen molar-refractivity contribution in [3.05, 3.63) is 63.0 Å². The van der Waals surface area contributed by atoms with Gasteiger partial charge in [0.05, 0.1) is 0 Å². The molecule has 0 amide bonds. The highest BCUT2D eigenvalue weighted by Gasteiger charge is 2.12. The Labute approximate surface area is 128 Å². The number of pyridine rings is 1. The van der Waals surface area contributed by atoms with Crippen molar-refractivity contribution in [2.24, 2.45) is 7.05 Å². The molecule has 0 saturated carbocycles. The Morgan fingerprint density at radius 2 is 2.05 bits per heavy atom. The number of hydrogen-bond acceptors (Lipinski definition) is 3. The highest BCUT2D eigenvalue weighted by atomic mass is 35.5. The van der Waals surface area contributed by atoms with Crippen molar-refractivity contribution in [1.29, 1.82) is 5.41 Å². The zero-order valence-corrected chi connectivity index (χ0v) is 12.9. The van der Waals surface area contributed by atoms with Gasteiger partial charge in [0.1, 0.15) is 5.69 Å². The van der Waals surface area contributed by atoms with Crippen LogP contribution in [0.5, 0.6) is 0 Å². The highest BCUT2D eigenvalue weighted by Crippen LogP contribution is 2.18. The van der Waals surface area contributed by atoms with E-state index in [1.165, 1.54) is 4.57 Å². The first-order chi connectivity index (χ1) is 10.0. The lowest BCUT2D eigenvalue weighted by Gasteiger charge is -2.13. The quantitative estimate of drug-likeness (QED) is 0.831. The minimum absolute atomic E-state index is 0.141. The minimum atomic E-state index is -0.141. The molecular weight excluding hydrogens is 286 g/mol. The summed E-state index contributed by atoms with van der Waals surface area (Å²) in [4.78, 5) is 12.3. The molecule has 0 fully saturated rings. The molecule has 21 heavy (non-hydrogen) atoms. The summed E-state index contributed by atoms with van der Waals surface area (Å²) < 4.78 is 1.50. The molecule has 0 saturated heterocycles. The Kier molecular flexibility index (Phi) is 4.81. The molecular formula is C16H18ClN3O. The lowest BCUT2D eigenvalue weighted by Crippen LogP contribution is -2.23. The summed E-state index contributed by atoms with van der Waals surface area (Å²) in [7, 11) is 1.70. The fourth-order valence-electron chi connectivity index (χ4n) is 2.07. The van der Waals surface area contributed by atoms with Crippen LogP contribution in [-0.4, -0.2) is 10.3 Å². The number of nitrogens with one attached hydrogen (secondary N) is 2. The maximum atomic E-state index is 12.3. The number of benzene rings is 1. The van der Waals surface area contributed by atoms with E-state index >= 15 is 0 Å². The first-order valence-corrected chi connectivity index (χ1v) is 7.17. The van der Waals surface area contributed by atoms with Crippen LogP contribution < -0.4 is 10.9 Å². The maximum absolute atomic E-state index is 12.3. The van der Waals surface area contributed by atoms with E-state index in [0.717, 1.165) is 5.56 Å². The average Bonchev–Trinajstić information content (AvgIpc) is 2.49. The van der Waals surface area contributed by atoms with Gasteiger partial charge >= 0.3 is 0 Å². The summed E-state index contributed by atoms with van der Waals surface area (Å²) in [5.74, 6) is 0. The summed E-state index contributed by atoms with van der Waals surface area (Å²) >= 11 is 6.13. The first kappa shape index (κ1) is 15.3. The van der Waals surface area contributed by atoms with Crippen LogP contribution in [0.25, 0.3) is 0 Å². The molecule has 1 aromatic carbocycles. The van der Waals surface area contributed by atoms with Crippen LogP contribution in [0.3, 0.4) is 0 Å². The van der Waals surface area contributed by atoms with Gasteiger partial charge < -0.3 is 15.3 Å². The van der Waals surface area contributed by atoms with Crippen LogP contribution in [0, 0.1) is 5.41 Å². The fraction of sp³-hybridized carbons (Fsp3) is 0.250. The Morgan fingerprint density at radius 1 is 1.33 bits per heavy atom. The second-order valence-corrected chi connectivity index (χ2v) is 5.20. The van der Waals surface area contributed by atoms with E-state index in [-0.39, 0.29) is 5.56 Å². The summed E-state index contributed by atoms with van der Waals surface area (Å²) in [6.45, 7) is 2.35. The molecule has 2 rings (SSSR count). The van der Waals surface area contributed by atoms with Crippen LogP contribution in [-0.2, 0) is 13.6 Å². The van der Waals surface area contributed by atoms with E-state index in [1.807, 2.05) is 31.2 Å². The number of aryl methyl sites for hydroxylation is 1. The zero-order chi connectivity index (χ0) is 15.4. The molecule has 0 unspecified atom stereocenters. The highest BCUT2D eigenvalue weighted by molar-refractivity contribution is 6.31. The molecule has 2 N–H and O–H groups in total. The van der Waals surface area contributed by atoms with E-state index < -0.39 is 0 Å². The lowest BCUT2D eigenvalue weighted by atomic mass is 10.1. The van der Waals surface area contributed by atoms with Crippen molar-refractivity contribution >= 4 is 23.0 Å². The second-order valence-electron chi connectivity index (χ2n) is 4.80. The van der Waals surface area contributed by atoms with Crippen LogP contribution >= 0.6 is 11.6 Å². The van der Waals surface area contributed by atoms with Gasteiger partial charge in [0, 0.05) is 36.1 Å². The van der Waals surface area contributed by atoms with Gasteiger partial charge in [-0.15, -0.1) is 0 Å². The smallest absolute Gasteiger partial charge is 0.274 e. The standard InChI is InChI=1S/C16H18ClN3O/c1-3-14(18)12-8-9-20(2)16(21)15(12)19-10-11-6-4-5-7-13(11)17/h4-9,18-19H,3,10H2,1-2H3. The van der Waals surface area contributed by atoms with Crippen molar-refractivity contribution in [3.63, 3.8) is 0 Å². The van der Waals surface area contributed by atoms with E-state index in [2.05, 4.69) is 5.32 Å². The van der Waals surface area contributed by atoms with Crippen LogP contribution in [0.2, 0.25) is 5.02 Å².